The highest BCUT2D eigenvalue weighted by molar-refractivity contribution is 5.45. The van der Waals surface area contributed by atoms with E-state index in [-0.39, 0.29) is 0 Å². The molecule has 0 saturated carbocycles. The predicted octanol–water partition coefficient (Wildman–Crippen LogP) is 1.99. The molecular weight excluding hydrogens is 304 g/mol. The highest BCUT2D eigenvalue weighted by Crippen LogP contribution is 2.29. The zero-order chi connectivity index (χ0) is 16.7. The average Bonchev–Trinajstić information content (AvgIpc) is 3.19. The summed E-state index contributed by atoms with van der Waals surface area (Å²) in [6, 6.07) is 4.37. The molecule has 0 bridgehead atoms. The van der Waals surface area contributed by atoms with E-state index in [2.05, 4.69) is 48.7 Å². The summed E-state index contributed by atoms with van der Waals surface area (Å²) in [7, 11) is 0. The Kier molecular flexibility index (Phi) is 3.66. The van der Waals surface area contributed by atoms with Crippen molar-refractivity contribution in [3.63, 3.8) is 0 Å². The van der Waals surface area contributed by atoms with Crippen molar-refractivity contribution in [2.75, 3.05) is 18.0 Å². The van der Waals surface area contributed by atoms with E-state index in [1.54, 1.807) is 4.63 Å². The van der Waals surface area contributed by atoms with E-state index in [4.69, 9.17) is 0 Å². The van der Waals surface area contributed by atoms with E-state index in [0.717, 1.165) is 49.0 Å². The molecule has 0 spiro atoms. The monoisotopic (exact) mass is 326 g/mol. The Bertz CT molecular complexity index is 849. The molecule has 0 unspecified atom stereocenters. The molecular formula is C16H22N8. The maximum atomic E-state index is 4.62. The van der Waals surface area contributed by atoms with Crippen LogP contribution in [0.15, 0.2) is 18.5 Å². The number of piperidine rings is 1. The van der Waals surface area contributed by atoms with Crippen LogP contribution in [0.3, 0.4) is 0 Å². The molecule has 1 atom stereocenters. The van der Waals surface area contributed by atoms with Crippen molar-refractivity contribution < 1.29 is 0 Å². The van der Waals surface area contributed by atoms with Gasteiger partial charge in [-0.25, -0.2) is 4.98 Å². The summed E-state index contributed by atoms with van der Waals surface area (Å²) in [6.45, 7) is 8.10. The van der Waals surface area contributed by atoms with Crippen LogP contribution in [0.25, 0.3) is 5.65 Å². The van der Waals surface area contributed by atoms with Gasteiger partial charge in [-0.3, -0.25) is 0 Å². The number of aryl methyl sites for hydroxylation is 1. The molecule has 0 aromatic carbocycles. The fourth-order valence-corrected chi connectivity index (χ4v) is 3.38. The lowest BCUT2D eigenvalue weighted by Crippen LogP contribution is -2.36. The number of aromatic nitrogens is 7. The van der Waals surface area contributed by atoms with Crippen LogP contribution in [-0.4, -0.2) is 47.7 Å². The lowest BCUT2D eigenvalue weighted by Gasteiger charge is -2.33. The van der Waals surface area contributed by atoms with Crippen molar-refractivity contribution in [2.24, 2.45) is 0 Å². The first-order valence-corrected chi connectivity index (χ1v) is 8.47. The van der Waals surface area contributed by atoms with Gasteiger partial charge in [0, 0.05) is 25.0 Å². The predicted molar refractivity (Wildman–Crippen MR) is 90.1 cm³/mol. The van der Waals surface area contributed by atoms with Gasteiger partial charge in [-0.2, -0.15) is 0 Å². The summed E-state index contributed by atoms with van der Waals surface area (Å²) in [4.78, 5) is 6.64. The van der Waals surface area contributed by atoms with Crippen LogP contribution < -0.4 is 4.90 Å². The maximum absolute atomic E-state index is 4.62. The quantitative estimate of drug-likeness (QED) is 0.732. The minimum absolute atomic E-state index is 0.373. The number of anilines is 1. The molecule has 0 aliphatic carbocycles. The summed E-state index contributed by atoms with van der Waals surface area (Å²) in [5.74, 6) is 3.12. The van der Waals surface area contributed by atoms with Gasteiger partial charge >= 0.3 is 0 Å². The average molecular weight is 326 g/mol. The Hall–Kier alpha value is -2.51. The minimum atomic E-state index is 0.373. The fourth-order valence-electron chi connectivity index (χ4n) is 3.38. The van der Waals surface area contributed by atoms with Gasteiger partial charge in [-0.1, -0.05) is 0 Å². The Labute approximate surface area is 140 Å². The normalized spacial score (nSPS) is 18.7. The zero-order valence-corrected chi connectivity index (χ0v) is 14.3. The molecule has 3 aromatic rings. The van der Waals surface area contributed by atoms with Gasteiger partial charge in [0.2, 0.25) is 0 Å². The molecule has 8 nitrogen and oxygen atoms in total. The Balaban J connectivity index is 1.60. The molecule has 0 radical (unpaired) electrons. The second-order valence-corrected chi connectivity index (χ2v) is 6.67. The highest BCUT2D eigenvalue weighted by Gasteiger charge is 2.27. The van der Waals surface area contributed by atoms with Gasteiger partial charge < -0.3 is 9.47 Å². The van der Waals surface area contributed by atoms with Crippen LogP contribution in [0.4, 0.5) is 5.82 Å². The molecule has 1 aliphatic rings. The van der Waals surface area contributed by atoms with Crippen molar-refractivity contribution in [1.29, 1.82) is 0 Å². The molecule has 24 heavy (non-hydrogen) atoms. The topological polar surface area (TPSA) is 77.0 Å². The molecule has 8 heteroatoms. The van der Waals surface area contributed by atoms with Crippen LogP contribution >= 0.6 is 0 Å². The van der Waals surface area contributed by atoms with E-state index in [1.807, 2.05) is 25.4 Å². The third kappa shape index (κ3) is 2.61. The minimum Gasteiger partial charge on any atom is -0.354 e. The van der Waals surface area contributed by atoms with Gasteiger partial charge in [-0.05, 0) is 45.7 Å². The van der Waals surface area contributed by atoms with Crippen LogP contribution in [-0.2, 0) is 0 Å². The van der Waals surface area contributed by atoms with Gasteiger partial charge in [-0.15, -0.1) is 25.0 Å². The molecule has 4 rings (SSSR count). The third-order valence-electron chi connectivity index (χ3n) is 4.57. The first-order valence-electron chi connectivity index (χ1n) is 8.47. The van der Waals surface area contributed by atoms with E-state index in [9.17, 15) is 0 Å². The molecule has 0 N–H and O–H groups in total. The number of fused-ring (bicyclic) bond motifs is 1. The van der Waals surface area contributed by atoms with Crippen LogP contribution in [0, 0.1) is 6.92 Å². The molecule has 1 aliphatic heterocycles. The molecule has 1 fully saturated rings. The summed E-state index contributed by atoms with van der Waals surface area (Å²) in [5, 5.41) is 17.4. The first kappa shape index (κ1) is 15.0. The summed E-state index contributed by atoms with van der Waals surface area (Å²) in [6.07, 6.45) is 4.08. The van der Waals surface area contributed by atoms with Crippen molar-refractivity contribution in [3.8, 4) is 0 Å². The van der Waals surface area contributed by atoms with Crippen molar-refractivity contribution in [3.05, 3.63) is 30.1 Å². The lowest BCUT2D eigenvalue weighted by atomic mass is 9.97. The van der Waals surface area contributed by atoms with Crippen LogP contribution in [0.2, 0.25) is 0 Å². The second-order valence-electron chi connectivity index (χ2n) is 6.67. The first-order chi connectivity index (χ1) is 11.6. The number of nitrogens with zero attached hydrogens (tertiary/aromatic N) is 8. The van der Waals surface area contributed by atoms with E-state index >= 15 is 0 Å². The standard InChI is InChI=1S/C16H22N8/c1-11(2)23-10-17-19-16(23)13-5-4-8-22(9-13)15-7-6-14-18-12(3)20-24(14)21-15/h6-7,10-11,13H,4-5,8-9H2,1-3H3/t13-/m0/s1. The summed E-state index contributed by atoms with van der Waals surface area (Å²) < 4.78 is 3.79. The van der Waals surface area contributed by atoms with Crippen molar-refractivity contribution in [1.82, 2.24) is 34.6 Å². The summed E-state index contributed by atoms with van der Waals surface area (Å²) >= 11 is 0. The van der Waals surface area contributed by atoms with E-state index in [1.165, 1.54) is 0 Å². The van der Waals surface area contributed by atoms with Gasteiger partial charge in [0.15, 0.2) is 11.5 Å². The van der Waals surface area contributed by atoms with Crippen molar-refractivity contribution >= 4 is 11.5 Å². The number of rotatable bonds is 3. The van der Waals surface area contributed by atoms with Crippen molar-refractivity contribution in [2.45, 2.75) is 45.6 Å². The van der Waals surface area contributed by atoms with Gasteiger partial charge in [0.05, 0.1) is 0 Å². The Morgan fingerprint density at radius 3 is 2.92 bits per heavy atom. The van der Waals surface area contributed by atoms with Gasteiger partial charge in [0.25, 0.3) is 0 Å². The molecule has 3 aromatic heterocycles. The van der Waals surface area contributed by atoms with Crippen LogP contribution in [0.1, 0.15) is 50.3 Å². The molecule has 1 saturated heterocycles. The fraction of sp³-hybridized carbons (Fsp3) is 0.562. The SMILES string of the molecule is Cc1nc2ccc(N3CCC[C@H](c4nncn4C(C)C)C3)nn2n1. The Morgan fingerprint density at radius 1 is 1.21 bits per heavy atom. The largest absolute Gasteiger partial charge is 0.354 e. The lowest BCUT2D eigenvalue weighted by molar-refractivity contribution is 0.452. The maximum Gasteiger partial charge on any atom is 0.176 e. The van der Waals surface area contributed by atoms with Crippen LogP contribution in [0.5, 0.6) is 0 Å². The zero-order valence-electron chi connectivity index (χ0n) is 14.3. The van der Waals surface area contributed by atoms with E-state index in [0.29, 0.717) is 12.0 Å². The smallest absolute Gasteiger partial charge is 0.176 e. The molecule has 4 heterocycles. The summed E-state index contributed by atoms with van der Waals surface area (Å²) in [5.41, 5.74) is 0.782. The highest BCUT2D eigenvalue weighted by atomic mass is 15.5. The molecule has 0 amide bonds. The third-order valence-corrected chi connectivity index (χ3v) is 4.57. The number of hydrogen-bond donors (Lipinski definition) is 0. The van der Waals surface area contributed by atoms with Gasteiger partial charge in [0.1, 0.15) is 18.0 Å². The second kappa shape index (κ2) is 5.85. The molecule has 126 valence electrons. The van der Waals surface area contributed by atoms with E-state index < -0.39 is 0 Å². The number of hydrogen-bond acceptors (Lipinski definition) is 6. The Morgan fingerprint density at radius 2 is 2.08 bits per heavy atom.